The molecule has 3 nitrogen and oxygen atoms in total. The van der Waals surface area contributed by atoms with E-state index in [-0.39, 0.29) is 5.91 Å². The van der Waals surface area contributed by atoms with Crippen LogP contribution in [0.3, 0.4) is 0 Å². The van der Waals surface area contributed by atoms with E-state index in [1.54, 1.807) is 13.0 Å². The Bertz CT molecular complexity index is 453. The van der Waals surface area contributed by atoms with Crippen LogP contribution in [0, 0.1) is 11.3 Å². The lowest BCUT2D eigenvalue weighted by molar-refractivity contribution is 0.0920. The van der Waals surface area contributed by atoms with Crippen molar-refractivity contribution >= 4 is 17.7 Å². The van der Waals surface area contributed by atoms with Crippen molar-refractivity contribution in [2.75, 3.05) is 6.26 Å². The van der Waals surface area contributed by atoms with Gasteiger partial charge in [-0.25, -0.2) is 0 Å². The molecule has 0 aromatic heterocycles. The molecule has 0 aliphatic rings. The van der Waals surface area contributed by atoms with Crippen LogP contribution < -0.4 is 5.32 Å². The molecule has 0 radical (unpaired) electrons. The van der Waals surface area contributed by atoms with Gasteiger partial charge in [0.15, 0.2) is 0 Å². The van der Waals surface area contributed by atoms with Crippen molar-refractivity contribution < 1.29 is 4.79 Å². The summed E-state index contributed by atoms with van der Waals surface area (Å²) in [5.74, 6) is -0.194. The number of carbonyl (C=O) groups excluding carboxylic acids is 1. The Morgan fingerprint density at radius 2 is 2.18 bits per heavy atom. The van der Waals surface area contributed by atoms with Gasteiger partial charge in [-0.1, -0.05) is 19.1 Å². The first-order chi connectivity index (χ1) is 8.06. The average Bonchev–Trinajstić information content (AvgIpc) is 2.38. The van der Waals surface area contributed by atoms with E-state index in [0.29, 0.717) is 12.0 Å². The van der Waals surface area contributed by atoms with Crippen molar-refractivity contribution in [1.82, 2.24) is 5.32 Å². The van der Waals surface area contributed by atoms with Crippen LogP contribution in [0.25, 0.3) is 0 Å². The van der Waals surface area contributed by atoms with Crippen molar-refractivity contribution in [2.24, 2.45) is 0 Å². The molecule has 1 amide bonds. The van der Waals surface area contributed by atoms with E-state index < -0.39 is 5.54 Å². The molecule has 0 heterocycles. The van der Waals surface area contributed by atoms with Crippen LogP contribution in [0.5, 0.6) is 0 Å². The number of hydrogen-bond donors (Lipinski definition) is 1. The van der Waals surface area contributed by atoms with E-state index >= 15 is 0 Å². The van der Waals surface area contributed by atoms with Gasteiger partial charge in [0.2, 0.25) is 0 Å². The molecule has 0 bridgehead atoms. The lowest BCUT2D eigenvalue weighted by Crippen LogP contribution is -2.44. The van der Waals surface area contributed by atoms with Gasteiger partial charge < -0.3 is 5.32 Å². The fourth-order valence-corrected chi connectivity index (χ4v) is 1.94. The molecule has 0 saturated carbocycles. The van der Waals surface area contributed by atoms with Crippen molar-refractivity contribution in [3.8, 4) is 6.07 Å². The zero-order valence-electron chi connectivity index (χ0n) is 10.3. The van der Waals surface area contributed by atoms with Crippen LogP contribution in [0.1, 0.15) is 30.6 Å². The number of thioether (sulfide) groups is 1. The number of rotatable bonds is 4. The monoisotopic (exact) mass is 248 g/mol. The highest BCUT2D eigenvalue weighted by Crippen LogP contribution is 2.20. The fourth-order valence-electron chi connectivity index (χ4n) is 1.35. The van der Waals surface area contributed by atoms with Gasteiger partial charge in [0.25, 0.3) is 5.91 Å². The summed E-state index contributed by atoms with van der Waals surface area (Å²) < 4.78 is 0. The van der Waals surface area contributed by atoms with Crippen LogP contribution in [0.15, 0.2) is 29.2 Å². The topological polar surface area (TPSA) is 52.9 Å². The number of benzene rings is 1. The molecule has 0 fully saturated rings. The first-order valence-electron chi connectivity index (χ1n) is 5.43. The number of carbonyl (C=O) groups is 1. The van der Waals surface area contributed by atoms with E-state index in [1.807, 2.05) is 31.4 Å². The molecule has 0 aliphatic carbocycles. The van der Waals surface area contributed by atoms with E-state index in [0.717, 1.165) is 4.90 Å². The van der Waals surface area contributed by atoms with Crippen LogP contribution in [-0.2, 0) is 0 Å². The minimum Gasteiger partial charge on any atom is -0.334 e. The lowest BCUT2D eigenvalue weighted by atomic mass is 10.0. The summed E-state index contributed by atoms with van der Waals surface area (Å²) in [6.07, 6.45) is 2.51. The molecular weight excluding hydrogens is 232 g/mol. The zero-order chi connectivity index (χ0) is 12.9. The summed E-state index contributed by atoms with van der Waals surface area (Å²) in [5.41, 5.74) is -0.183. The quantitative estimate of drug-likeness (QED) is 0.834. The third kappa shape index (κ3) is 3.24. The number of nitrogens with zero attached hydrogens (tertiary/aromatic N) is 1. The molecule has 1 aromatic rings. The molecule has 1 unspecified atom stereocenters. The summed E-state index contributed by atoms with van der Waals surface area (Å²) >= 11 is 1.52. The van der Waals surface area contributed by atoms with E-state index in [9.17, 15) is 4.79 Å². The highest BCUT2D eigenvalue weighted by molar-refractivity contribution is 7.98. The molecule has 0 spiro atoms. The summed E-state index contributed by atoms with van der Waals surface area (Å²) in [6, 6.07) is 9.52. The number of hydrogen-bond acceptors (Lipinski definition) is 3. The van der Waals surface area contributed by atoms with Gasteiger partial charge in [-0.05, 0) is 31.7 Å². The fraction of sp³-hybridized carbons (Fsp3) is 0.385. The molecule has 0 aliphatic heterocycles. The standard InChI is InChI=1S/C13H16N2OS/c1-4-13(2,9-14)15-12(16)10-7-5-6-8-11(10)17-3/h5-8H,4H2,1-3H3,(H,15,16). The summed E-state index contributed by atoms with van der Waals surface area (Å²) in [7, 11) is 0. The largest absolute Gasteiger partial charge is 0.334 e. The molecule has 1 N–H and O–H groups in total. The van der Waals surface area contributed by atoms with Gasteiger partial charge in [-0.15, -0.1) is 11.8 Å². The Morgan fingerprint density at radius 1 is 1.53 bits per heavy atom. The SMILES string of the molecule is CCC(C)(C#N)NC(=O)c1ccccc1SC. The first-order valence-corrected chi connectivity index (χ1v) is 6.65. The third-order valence-electron chi connectivity index (χ3n) is 2.69. The van der Waals surface area contributed by atoms with Crippen LogP contribution >= 0.6 is 11.8 Å². The minimum absolute atomic E-state index is 0.194. The van der Waals surface area contributed by atoms with E-state index in [4.69, 9.17) is 5.26 Å². The Hall–Kier alpha value is -1.47. The second kappa shape index (κ2) is 5.74. The van der Waals surface area contributed by atoms with Gasteiger partial charge in [-0.3, -0.25) is 4.79 Å². The number of nitrogens with one attached hydrogen (secondary N) is 1. The highest BCUT2D eigenvalue weighted by atomic mass is 32.2. The third-order valence-corrected chi connectivity index (χ3v) is 3.49. The summed E-state index contributed by atoms with van der Waals surface area (Å²) in [4.78, 5) is 13.0. The predicted molar refractivity (Wildman–Crippen MR) is 70.0 cm³/mol. The molecular formula is C13H16N2OS. The lowest BCUT2D eigenvalue weighted by Gasteiger charge is -2.21. The van der Waals surface area contributed by atoms with Crippen LogP contribution in [-0.4, -0.2) is 17.7 Å². The van der Waals surface area contributed by atoms with Crippen LogP contribution in [0.4, 0.5) is 0 Å². The molecule has 1 atom stereocenters. The Kier molecular flexibility index (Phi) is 4.59. The number of nitriles is 1. The van der Waals surface area contributed by atoms with Crippen LogP contribution in [0.2, 0.25) is 0 Å². The predicted octanol–water partition coefficient (Wildman–Crippen LogP) is 2.83. The first kappa shape index (κ1) is 13.6. The number of amides is 1. The van der Waals surface area contributed by atoms with E-state index in [2.05, 4.69) is 11.4 Å². The second-order valence-electron chi connectivity index (χ2n) is 3.95. The Balaban J connectivity index is 2.95. The zero-order valence-corrected chi connectivity index (χ0v) is 11.1. The average molecular weight is 248 g/mol. The van der Waals surface area contributed by atoms with Gasteiger partial charge in [0, 0.05) is 4.90 Å². The smallest absolute Gasteiger partial charge is 0.253 e. The van der Waals surface area contributed by atoms with Crippen molar-refractivity contribution in [2.45, 2.75) is 30.7 Å². The molecule has 1 rings (SSSR count). The van der Waals surface area contributed by atoms with Crippen molar-refractivity contribution in [1.29, 1.82) is 5.26 Å². The van der Waals surface area contributed by atoms with Crippen molar-refractivity contribution in [3.05, 3.63) is 29.8 Å². The Labute approximate surface area is 106 Å². The molecule has 0 saturated heterocycles. The highest BCUT2D eigenvalue weighted by Gasteiger charge is 2.24. The maximum atomic E-state index is 12.1. The second-order valence-corrected chi connectivity index (χ2v) is 4.80. The Morgan fingerprint density at radius 3 is 2.71 bits per heavy atom. The summed E-state index contributed by atoms with van der Waals surface area (Å²) in [6.45, 7) is 3.61. The maximum Gasteiger partial charge on any atom is 0.253 e. The maximum absolute atomic E-state index is 12.1. The van der Waals surface area contributed by atoms with Crippen molar-refractivity contribution in [3.63, 3.8) is 0 Å². The molecule has 90 valence electrons. The molecule has 1 aromatic carbocycles. The molecule has 4 heteroatoms. The van der Waals surface area contributed by atoms with Gasteiger partial charge >= 0.3 is 0 Å². The van der Waals surface area contributed by atoms with E-state index in [1.165, 1.54) is 11.8 Å². The van der Waals surface area contributed by atoms with Gasteiger partial charge in [0.1, 0.15) is 5.54 Å². The minimum atomic E-state index is -0.803. The molecule has 17 heavy (non-hydrogen) atoms. The van der Waals surface area contributed by atoms with Gasteiger partial charge in [0.05, 0.1) is 11.6 Å². The normalized spacial score (nSPS) is 13.5. The van der Waals surface area contributed by atoms with Gasteiger partial charge in [-0.2, -0.15) is 5.26 Å². The summed E-state index contributed by atoms with van der Waals surface area (Å²) in [5, 5.41) is 11.8.